The van der Waals surface area contributed by atoms with Crippen LogP contribution in [0.2, 0.25) is 0 Å². The Kier molecular flexibility index (Phi) is 5.65. The van der Waals surface area contributed by atoms with Gasteiger partial charge in [-0.25, -0.2) is 22.0 Å². The minimum absolute atomic E-state index is 0.178. The number of aromatic nitrogens is 1. The van der Waals surface area contributed by atoms with Gasteiger partial charge in [0.25, 0.3) is 0 Å². The van der Waals surface area contributed by atoms with Crippen molar-refractivity contribution < 1.29 is 27.5 Å². The minimum Gasteiger partial charge on any atom is -0.464 e. The molecular weight excluding hydrogens is 372 g/mol. The summed E-state index contributed by atoms with van der Waals surface area (Å²) in [5.41, 5.74) is -0.0548. The lowest BCUT2D eigenvalue weighted by Crippen LogP contribution is -2.34. The average Bonchev–Trinajstić information content (AvgIpc) is 2.91. The van der Waals surface area contributed by atoms with Crippen molar-refractivity contribution in [1.82, 2.24) is 9.29 Å². The first kappa shape index (κ1) is 20.5. The molecule has 2 rings (SSSR count). The topological polar surface area (TPSA) is 104 Å². The lowest BCUT2D eigenvalue weighted by Gasteiger charge is -2.20. The third-order valence-corrected chi connectivity index (χ3v) is 4.42. The van der Waals surface area contributed by atoms with Crippen LogP contribution in [0, 0.1) is 0 Å². The van der Waals surface area contributed by atoms with E-state index in [1.54, 1.807) is 45.0 Å². The molecule has 0 aliphatic rings. The van der Waals surface area contributed by atoms with E-state index in [1.165, 1.54) is 19.4 Å². The summed E-state index contributed by atoms with van der Waals surface area (Å²) in [6, 6.07) is 6.81. The highest BCUT2D eigenvalue weighted by molar-refractivity contribution is 7.89. The molecule has 0 atom stereocenters. The molecule has 146 valence electrons. The quantitative estimate of drug-likeness (QED) is 0.631. The highest BCUT2D eigenvalue weighted by Crippen LogP contribution is 2.24. The third-order valence-electron chi connectivity index (χ3n) is 3.41. The van der Waals surface area contributed by atoms with Crippen LogP contribution >= 0.6 is 0 Å². The Labute approximate surface area is 157 Å². The van der Waals surface area contributed by atoms with Gasteiger partial charge in [-0.15, -0.1) is 0 Å². The van der Waals surface area contributed by atoms with E-state index in [4.69, 9.17) is 9.47 Å². The van der Waals surface area contributed by atoms with Crippen LogP contribution in [0.1, 0.15) is 26.3 Å². The highest BCUT2D eigenvalue weighted by Gasteiger charge is 2.21. The molecule has 0 saturated heterocycles. The van der Waals surface area contributed by atoms with Crippen LogP contribution in [0.15, 0.2) is 36.2 Å². The SMILES string of the molecule is COC(=O)C(=Cc1cn(S(C)(=O)=O)c2ccccc12)NC(=O)OC(C)(C)C. The molecule has 8 nitrogen and oxygen atoms in total. The zero-order valence-corrected chi connectivity index (χ0v) is 16.6. The molecule has 27 heavy (non-hydrogen) atoms. The molecule has 0 bridgehead atoms. The Bertz CT molecular complexity index is 1010. The van der Waals surface area contributed by atoms with Crippen LogP contribution in [0.3, 0.4) is 0 Å². The number of benzene rings is 1. The molecule has 0 unspecified atom stereocenters. The van der Waals surface area contributed by atoms with Crippen molar-refractivity contribution in [2.75, 3.05) is 13.4 Å². The molecule has 0 aliphatic heterocycles. The Hall–Kier alpha value is -2.81. The number of carbonyl (C=O) groups is 2. The van der Waals surface area contributed by atoms with Gasteiger partial charge in [0.15, 0.2) is 0 Å². The largest absolute Gasteiger partial charge is 0.464 e. The van der Waals surface area contributed by atoms with Gasteiger partial charge < -0.3 is 9.47 Å². The maximum Gasteiger partial charge on any atom is 0.412 e. The molecule has 2 aromatic rings. The first-order valence-corrected chi connectivity index (χ1v) is 9.88. The predicted octanol–water partition coefficient (Wildman–Crippen LogP) is 2.49. The number of hydrogen-bond donors (Lipinski definition) is 1. The molecular formula is C18H22N2O6S. The molecule has 0 aliphatic carbocycles. The summed E-state index contributed by atoms with van der Waals surface area (Å²) in [6.07, 6.45) is 2.97. The van der Waals surface area contributed by atoms with Gasteiger partial charge in [-0.3, -0.25) is 5.32 Å². The van der Waals surface area contributed by atoms with Crippen molar-refractivity contribution in [2.45, 2.75) is 26.4 Å². The van der Waals surface area contributed by atoms with Gasteiger partial charge in [-0.1, -0.05) is 18.2 Å². The number of amides is 1. The Morgan fingerprint density at radius 2 is 1.81 bits per heavy atom. The average molecular weight is 394 g/mol. The summed E-state index contributed by atoms with van der Waals surface area (Å²) in [4.78, 5) is 24.1. The highest BCUT2D eigenvalue weighted by atomic mass is 32.2. The van der Waals surface area contributed by atoms with Crippen LogP contribution in [0.4, 0.5) is 4.79 Å². The third kappa shape index (κ3) is 5.10. The van der Waals surface area contributed by atoms with E-state index in [2.05, 4.69) is 5.32 Å². The number of rotatable bonds is 4. The number of para-hydroxylation sites is 1. The second-order valence-corrected chi connectivity index (χ2v) is 8.70. The second-order valence-electron chi connectivity index (χ2n) is 6.84. The number of ether oxygens (including phenoxy) is 2. The molecule has 1 N–H and O–H groups in total. The number of fused-ring (bicyclic) bond motifs is 1. The zero-order chi connectivity index (χ0) is 20.4. The number of nitrogens with zero attached hydrogens (tertiary/aromatic N) is 1. The Morgan fingerprint density at radius 1 is 1.19 bits per heavy atom. The number of alkyl carbamates (subject to hydrolysis) is 1. The van der Waals surface area contributed by atoms with E-state index in [0.29, 0.717) is 16.5 Å². The van der Waals surface area contributed by atoms with Crippen molar-refractivity contribution in [3.8, 4) is 0 Å². The molecule has 1 aromatic carbocycles. The lowest BCUT2D eigenvalue weighted by molar-refractivity contribution is -0.136. The minimum atomic E-state index is -3.56. The maximum atomic E-state index is 12.1. The predicted molar refractivity (Wildman–Crippen MR) is 102 cm³/mol. The summed E-state index contributed by atoms with van der Waals surface area (Å²) >= 11 is 0. The number of methoxy groups -OCH3 is 1. The zero-order valence-electron chi connectivity index (χ0n) is 15.8. The molecule has 0 radical (unpaired) electrons. The van der Waals surface area contributed by atoms with Gasteiger partial charge in [-0.2, -0.15) is 0 Å². The van der Waals surface area contributed by atoms with E-state index in [-0.39, 0.29) is 5.70 Å². The van der Waals surface area contributed by atoms with Crippen LogP contribution < -0.4 is 5.32 Å². The number of nitrogens with one attached hydrogen (secondary N) is 1. The number of hydrogen-bond acceptors (Lipinski definition) is 6. The van der Waals surface area contributed by atoms with E-state index in [1.807, 2.05) is 0 Å². The molecule has 0 fully saturated rings. The normalized spacial score (nSPS) is 12.7. The fourth-order valence-corrected chi connectivity index (χ4v) is 3.21. The van der Waals surface area contributed by atoms with Crippen molar-refractivity contribution in [1.29, 1.82) is 0 Å². The summed E-state index contributed by atoms with van der Waals surface area (Å²) in [7, 11) is -2.38. The van der Waals surface area contributed by atoms with Crippen LogP contribution in [-0.2, 0) is 24.3 Å². The van der Waals surface area contributed by atoms with E-state index in [0.717, 1.165) is 10.2 Å². The van der Waals surface area contributed by atoms with Gasteiger partial charge in [0.1, 0.15) is 11.3 Å². The van der Waals surface area contributed by atoms with Gasteiger partial charge in [0, 0.05) is 17.1 Å². The first-order valence-electron chi connectivity index (χ1n) is 8.03. The molecule has 0 saturated carbocycles. The number of carbonyl (C=O) groups excluding carboxylic acids is 2. The van der Waals surface area contributed by atoms with Gasteiger partial charge in [0.05, 0.1) is 18.9 Å². The summed E-state index contributed by atoms with van der Waals surface area (Å²) in [6.45, 7) is 5.06. The Balaban J connectivity index is 2.54. The van der Waals surface area contributed by atoms with Crippen molar-refractivity contribution in [3.05, 3.63) is 41.7 Å². The summed E-state index contributed by atoms with van der Waals surface area (Å²) < 4.78 is 35.0. The van der Waals surface area contributed by atoms with Gasteiger partial charge >= 0.3 is 12.1 Å². The van der Waals surface area contributed by atoms with Crippen molar-refractivity contribution in [2.24, 2.45) is 0 Å². The van der Waals surface area contributed by atoms with Gasteiger partial charge in [0.2, 0.25) is 10.0 Å². The van der Waals surface area contributed by atoms with Crippen molar-refractivity contribution in [3.63, 3.8) is 0 Å². The summed E-state index contributed by atoms with van der Waals surface area (Å²) in [5, 5.41) is 2.95. The smallest absolute Gasteiger partial charge is 0.412 e. The second kappa shape index (κ2) is 7.43. The standard InChI is InChI=1S/C18H22N2O6S/c1-18(2,3)26-17(22)19-14(16(21)25-4)10-12-11-20(27(5,23)24)15-9-7-6-8-13(12)15/h6-11H,1-5H3,(H,19,22). The lowest BCUT2D eigenvalue weighted by atomic mass is 10.1. The molecule has 9 heteroatoms. The molecule has 1 aromatic heterocycles. The monoisotopic (exact) mass is 394 g/mol. The first-order chi connectivity index (χ1) is 12.4. The maximum absolute atomic E-state index is 12.1. The Morgan fingerprint density at radius 3 is 2.37 bits per heavy atom. The fourth-order valence-electron chi connectivity index (χ4n) is 2.39. The van der Waals surface area contributed by atoms with Crippen molar-refractivity contribution >= 4 is 39.1 Å². The van der Waals surface area contributed by atoms with Gasteiger partial charge in [-0.05, 0) is 32.9 Å². The number of esters is 1. The fraction of sp³-hybridized carbons (Fsp3) is 0.333. The van der Waals surface area contributed by atoms with E-state index >= 15 is 0 Å². The molecule has 1 heterocycles. The molecule has 0 spiro atoms. The van der Waals surface area contributed by atoms with Crippen LogP contribution in [0.5, 0.6) is 0 Å². The van der Waals surface area contributed by atoms with E-state index < -0.39 is 27.7 Å². The van der Waals surface area contributed by atoms with Crippen LogP contribution in [0.25, 0.3) is 17.0 Å². The van der Waals surface area contributed by atoms with E-state index in [9.17, 15) is 18.0 Å². The molecule has 1 amide bonds. The summed E-state index contributed by atoms with van der Waals surface area (Å²) in [5.74, 6) is -0.794. The van der Waals surface area contributed by atoms with Crippen LogP contribution in [-0.4, -0.2) is 43.4 Å².